The highest BCUT2D eigenvalue weighted by molar-refractivity contribution is 5.93. The van der Waals surface area contributed by atoms with E-state index in [1.807, 2.05) is 72.8 Å². The standard InChI is InChI=1S/C61H50O6/c1-41(2)59(62)66-35-33-64-57-51(43-21-9-5-10-22-43)37-47(38-52(57)44-23-11-6-12-24-44)61(55-31-19-17-29-49(55)50-30-18-20-32-56(50)61)48-39-53(45-25-13-7-14-26-45)58(65-34-36-67-60(63)42(3)4)54(40-48)46-27-15-8-16-28-46/h5-32,37-40H,1,3,33-36H2,2,4H3. The van der Waals surface area contributed by atoms with Gasteiger partial charge in [0, 0.05) is 33.4 Å². The Morgan fingerprint density at radius 3 is 0.970 bits per heavy atom. The zero-order chi connectivity index (χ0) is 46.3. The molecule has 0 saturated carbocycles. The summed E-state index contributed by atoms with van der Waals surface area (Å²) in [6.45, 7) is 11.1. The second-order valence-corrected chi connectivity index (χ2v) is 16.6. The summed E-state index contributed by atoms with van der Waals surface area (Å²) >= 11 is 0. The maximum Gasteiger partial charge on any atom is 0.333 e. The maximum atomic E-state index is 12.5. The Hall–Kier alpha value is -8.22. The zero-order valence-corrected chi connectivity index (χ0v) is 37.7. The van der Waals surface area contributed by atoms with Crippen LogP contribution in [0.3, 0.4) is 0 Å². The number of carbonyl (C=O) groups is 2. The van der Waals surface area contributed by atoms with E-state index in [-0.39, 0.29) is 26.4 Å². The Morgan fingerprint density at radius 1 is 0.388 bits per heavy atom. The van der Waals surface area contributed by atoms with Crippen LogP contribution in [0.1, 0.15) is 36.1 Å². The van der Waals surface area contributed by atoms with Gasteiger partial charge in [-0.2, -0.15) is 0 Å². The molecule has 1 aliphatic rings. The predicted octanol–water partition coefficient (Wildman–Crippen LogP) is 13.7. The van der Waals surface area contributed by atoms with E-state index in [0.717, 1.165) is 77.9 Å². The Morgan fingerprint density at radius 2 is 0.672 bits per heavy atom. The SMILES string of the molecule is C=C(C)C(=O)OCCOc1c(-c2ccccc2)cc(C2(c3cc(-c4ccccc4)c(OCCOC(=O)C(=C)C)c(-c4ccccc4)c3)c3ccccc3-c3ccccc32)cc1-c1ccccc1. The summed E-state index contributed by atoms with van der Waals surface area (Å²) < 4.78 is 24.6. The topological polar surface area (TPSA) is 71.1 Å². The van der Waals surface area contributed by atoms with E-state index in [9.17, 15) is 9.59 Å². The van der Waals surface area contributed by atoms with E-state index >= 15 is 0 Å². The van der Waals surface area contributed by atoms with Gasteiger partial charge in [0.2, 0.25) is 0 Å². The van der Waals surface area contributed by atoms with Crippen molar-refractivity contribution in [1.29, 1.82) is 0 Å². The Bertz CT molecular complexity index is 2770. The number of ether oxygens (including phenoxy) is 4. The van der Waals surface area contributed by atoms with E-state index in [2.05, 4.69) is 134 Å². The molecule has 0 saturated heterocycles. The van der Waals surface area contributed by atoms with Crippen molar-refractivity contribution >= 4 is 11.9 Å². The van der Waals surface area contributed by atoms with E-state index in [1.165, 1.54) is 0 Å². The third kappa shape index (κ3) is 8.70. The van der Waals surface area contributed by atoms with Crippen molar-refractivity contribution in [1.82, 2.24) is 0 Å². The summed E-state index contributed by atoms with van der Waals surface area (Å²) in [5, 5.41) is 0. The molecule has 0 unspecified atom stereocenters. The molecular formula is C61H50O6. The van der Waals surface area contributed by atoms with Gasteiger partial charge < -0.3 is 18.9 Å². The van der Waals surface area contributed by atoms with Crippen molar-refractivity contribution in [3.63, 3.8) is 0 Å². The molecule has 0 spiro atoms. The molecule has 0 fully saturated rings. The molecule has 330 valence electrons. The normalized spacial score (nSPS) is 12.0. The molecule has 6 nitrogen and oxygen atoms in total. The summed E-state index contributed by atoms with van der Waals surface area (Å²) in [4.78, 5) is 24.9. The minimum atomic E-state index is -0.890. The Kier molecular flexibility index (Phi) is 12.8. The zero-order valence-electron chi connectivity index (χ0n) is 37.7. The highest BCUT2D eigenvalue weighted by atomic mass is 16.6. The lowest BCUT2D eigenvalue weighted by molar-refractivity contribution is -0.140. The van der Waals surface area contributed by atoms with Gasteiger partial charge in [-0.1, -0.05) is 183 Å². The van der Waals surface area contributed by atoms with Crippen LogP contribution in [0.2, 0.25) is 0 Å². The monoisotopic (exact) mass is 878 g/mol. The summed E-state index contributed by atoms with van der Waals surface area (Å²) in [5.41, 5.74) is 13.8. The van der Waals surface area contributed by atoms with Crippen molar-refractivity contribution in [2.45, 2.75) is 19.3 Å². The van der Waals surface area contributed by atoms with Crippen molar-refractivity contribution in [3.8, 4) is 67.1 Å². The van der Waals surface area contributed by atoms with E-state index in [4.69, 9.17) is 18.9 Å². The molecule has 8 aromatic rings. The maximum absolute atomic E-state index is 12.5. The first kappa shape index (κ1) is 44.0. The second kappa shape index (κ2) is 19.5. The van der Waals surface area contributed by atoms with Crippen LogP contribution in [0.5, 0.6) is 11.5 Å². The van der Waals surface area contributed by atoms with Gasteiger partial charge in [-0.25, -0.2) is 9.59 Å². The van der Waals surface area contributed by atoms with Gasteiger partial charge in [0.25, 0.3) is 0 Å². The average Bonchev–Trinajstić information content (AvgIpc) is 3.68. The van der Waals surface area contributed by atoms with Gasteiger partial charge in [0.15, 0.2) is 0 Å². The molecule has 67 heavy (non-hydrogen) atoms. The second-order valence-electron chi connectivity index (χ2n) is 16.6. The number of benzene rings is 8. The van der Waals surface area contributed by atoms with Gasteiger partial charge in [0.1, 0.15) is 37.9 Å². The number of esters is 2. The van der Waals surface area contributed by atoms with Crippen LogP contribution < -0.4 is 9.47 Å². The molecule has 0 atom stereocenters. The fourth-order valence-corrected chi connectivity index (χ4v) is 9.16. The summed E-state index contributed by atoms with van der Waals surface area (Å²) in [6, 6.07) is 67.7. The molecule has 6 heteroatoms. The molecule has 0 radical (unpaired) electrons. The molecule has 0 bridgehead atoms. The molecule has 8 aromatic carbocycles. The van der Waals surface area contributed by atoms with Crippen LogP contribution in [-0.4, -0.2) is 38.4 Å². The first-order valence-electron chi connectivity index (χ1n) is 22.4. The summed E-state index contributed by atoms with van der Waals surface area (Å²) in [7, 11) is 0. The summed E-state index contributed by atoms with van der Waals surface area (Å²) in [5.74, 6) is 0.429. The molecule has 9 rings (SSSR count). The number of hydrogen-bond donors (Lipinski definition) is 0. The van der Waals surface area contributed by atoms with Crippen molar-refractivity contribution in [3.05, 3.63) is 241 Å². The third-order valence-electron chi connectivity index (χ3n) is 12.2. The Balaban J connectivity index is 1.36. The van der Waals surface area contributed by atoms with Gasteiger partial charge in [-0.15, -0.1) is 0 Å². The summed E-state index contributed by atoms with van der Waals surface area (Å²) in [6.07, 6.45) is 0. The van der Waals surface area contributed by atoms with Gasteiger partial charge in [-0.05, 0) is 93.7 Å². The van der Waals surface area contributed by atoms with Crippen molar-refractivity contribution in [2.24, 2.45) is 0 Å². The van der Waals surface area contributed by atoms with E-state index in [1.54, 1.807) is 13.8 Å². The largest absolute Gasteiger partial charge is 0.489 e. The van der Waals surface area contributed by atoms with Crippen LogP contribution in [0.25, 0.3) is 55.6 Å². The molecule has 1 aliphatic carbocycles. The first-order valence-corrected chi connectivity index (χ1v) is 22.4. The molecule has 0 amide bonds. The van der Waals surface area contributed by atoms with Crippen LogP contribution >= 0.6 is 0 Å². The lowest BCUT2D eigenvalue weighted by atomic mass is 9.66. The molecular weight excluding hydrogens is 829 g/mol. The van der Waals surface area contributed by atoms with Crippen LogP contribution in [-0.2, 0) is 24.5 Å². The number of fused-ring (bicyclic) bond motifs is 3. The van der Waals surface area contributed by atoms with Crippen molar-refractivity contribution in [2.75, 3.05) is 26.4 Å². The highest BCUT2D eigenvalue weighted by Crippen LogP contribution is 2.59. The van der Waals surface area contributed by atoms with Gasteiger partial charge in [0.05, 0.1) is 5.41 Å². The van der Waals surface area contributed by atoms with E-state index in [0.29, 0.717) is 22.6 Å². The number of rotatable bonds is 16. The van der Waals surface area contributed by atoms with Gasteiger partial charge >= 0.3 is 11.9 Å². The minimum Gasteiger partial charge on any atom is -0.489 e. The third-order valence-corrected chi connectivity index (χ3v) is 12.2. The van der Waals surface area contributed by atoms with Crippen LogP contribution in [0.15, 0.2) is 218 Å². The molecule has 0 aromatic heterocycles. The molecule has 0 heterocycles. The van der Waals surface area contributed by atoms with E-state index < -0.39 is 17.4 Å². The number of carbonyl (C=O) groups excluding carboxylic acids is 2. The smallest absolute Gasteiger partial charge is 0.333 e. The van der Waals surface area contributed by atoms with Crippen LogP contribution in [0, 0.1) is 0 Å². The fraction of sp³-hybridized carbons (Fsp3) is 0.115. The highest BCUT2D eigenvalue weighted by Gasteiger charge is 2.47. The molecule has 0 aliphatic heterocycles. The van der Waals surface area contributed by atoms with Crippen LogP contribution in [0.4, 0.5) is 0 Å². The fourth-order valence-electron chi connectivity index (χ4n) is 9.16. The van der Waals surface area contributed by atoms with Gasteiger partial charge in [-0.3, -0.25) is 0 Å². The lowest BCUT2D eigenvalue weighted by Crippen LogP contribution is -2.29. The average molecular weight is 879 g/mol. The quantitative estimate of drug-likeness (QED) is 0.0547. The number of hydrogen-bond acceptors (Lipinski definition) is 6. The lowest BCUT2D eigenvalue weighted by Gasteiger charge is -2.36. The minimum absolute atomic E-state index is 0.0515. The first-order chi connectivity index (χ1) is 32.8. The predicted molar refractivity (Wildman–Crippen MR) is 268 cm³/mol. The molecule has 0 N–H and O–H groups in total. The van der Waals surface area contributed by atoms with Crippen molar-refractivity contribution < 1.29 is 28.5 Å². The Labute approximate surface area is 392 Å².